The molecule has 0 amide bonds. The molecule has 1 aliphatic rings. The molecule has 0 aliphatic carbocycles. The van der Waals surface area contributed by atoms with E-state index < -0.39 is 0 Å². The Bertz CT molecular complexity index is 252. The van der Waals surface area contributed by atoms with Crippen molar-refractivity contribution in [3.8, 4) is 0 Å². The molecule has 1 aromatic heterocycles. The molecule has 1 N–H and O–H groups in total. The summed E-state index contributed by atoms with van der Waals surface area (Å²) in [5.74, 6) is 0. The zero-order chi connectivity index (χ0) is 9.80. The molecule has 0 saturated carbocycles. The summed E-state index contributed by atoms with van der Waals surface area (Å²) in [6.07, 6.45) is 4.19. The number of thiophene rings is 1. The van der Waals surface area contributed by atoms with Crippen LogP contribution in [0.4, 0.5) is 0 Å². The van der Waals surface area contributed by atoms with E-state index >= 15 is 0 Å². The molecule has 0 radical (unpaired) electrons. The van der Waals surface area contributed by atoms with Crippen LogP contribution in [0.15, 0.2) is 17.5 Å². The van der Waals surface area contributed by atoms with Crippen LogP contribution in [0, 0.1) is 0 Å². The molecule has 2 rings (SSSR count). The van der Waals surface area contributed by atoms with Gasteiger partial charge < -0.3 is 9.84 Å². The quantitative estimate of drug-likeness (QED) is 0.834. The van der Waals surface area contributed by atoms with Crippen molar-refractivity contribution in [2.45, 2.75) is 37.9 Å². The van der Waals surface area contributed by atoms with Gasteiger partial charge in [0.05, 0.1) is 12.2 Å². The molecule has 78 valence electrons. The lowest BCUT2D eigenvalue weighted by molar-refractivity contribution is -0.0149. The molecule has 2 unspecified atom stereocenters. The van der Waals surface area contributed by atoms with E-state index in [0.29, 0.717) is 0 Å². The number of aliphatic hydroxyl groups is 1. The lowest BCUT2D eigenvalue weighted by Crippen LogP contribution is -2.21. The highest BCUT2D eigenvalue weighted by atomic mass is 32.1. The highest BCUT2D eigenvalue weighted by Crippen LogP contribution is 2.27. The first-order valence-electron chi connectivity index (χ1n) is 5.19. The second-order valence-corrected chi connectivity index (χ2v) is 4.73. The molecule has 1 aromatic rings. The van der Waals surface area contributed by atoms with Gasteiger partial charge >= 0.3 is 0 Å². The van der Waals surface area contributed by atoms with Gasteiger partial charge in [-0.3, -0.25) is 0 Å². The minimum atomic E-state index is -0.335. The van der Waals surface area contributed by atoms with Crippen LogP contribution in [0.25, 0.3) is 0 Å². The zero-order valence-electron chi connectivity index (χ0n) is 8.19. The molecule has 14 heavy (non-hydrogen) atoms. The number of hydrogen-bond donors (Lipinski definition) is 1. The molecule has 0 spiro atoms. The average Bonchev–Trinajstić information content (AvgIpc) is 2.72. The van der Waals surface area contributed by atoms with Crippen molar-refractivity contribution in [1.29, 1.82) is 0 Å². The van der Waals surface area contributed by atoms with Gasteiger partial charge in [-0.2, -0.15) is 0 Å². The molecular formula is C11H16O2S. The van der Waals surface area contributed by atoms with Crippen LogP contribution >= 0.6 is 11.3 Å². The van der Waals surface area contributed by atoms with E-state index in [1.165, 1.54) is 12.8 Å². The summed E-state index contributed by atoms with van der Waals surface area (Å²) in [7, 11) is 0. The van der Waals surface area contributed by atoms with Crippen LogP contribution in [-0.4, -0.2) is 17.8 Å². The van der Waals surface area contributed by atoms with Gasteiger partial charge in [-0.15, -0.1) is 11.3 Å². The van der Waals surface area contributed by atoms with Gasteiger partial charge in [0.1, 0.15) is 0 Å². The number of hydrogen-bond acceptors (Lipinski definition) is 3. The summed E-state index contributed by atoms with van der Waals surface area (Å²) >= 11 is 1.61. The zero-order valence-corrected chi connectivity index (χ0v) is 9.00. The lowest BCUT2D eigenvalue weighted by Gasteiger charge is -2.24. The molecule has 1 aliphatic heterocycles. The minimum absolute atomic E-state index is 0.265. The van der Waals surface area contributed by atoms with Crippen molar-refractivity contribution in [2.75, 3.05) is 6.61 Å². The smallest absolute Gasteiger partial charge is 0.0906 e. The average molecular weight is 212 g/mol. The van der Waals surface area contributed by atoms with Crippen LogP contribution in [-0.2, 0) is 4.74 Å². The van der Waals surface area contributed by atoms with Crippen molar-refractivity contribution in [3.63, 3.8) is 0 Å². The Morgan fingerprint density at radius 2 is 2.50 bits per heavy atom. The molecule has 1 fully saturated rings. The van der Waals surface area contributed by atoms with Gasteiger partial charge in [-0.1, -0.05) is 6.07 Å². The highest BCUT2D eigenvalue weighted by molar-refractivity contribution is 7.10. The first kappa shape index (κ1) is 10.1. The highest BCUT2D eigenvalue weighted by Gasteiger charge is 2.19. The monoisotopic (exact) mass is 212 g/mol. The second kappa shape index (κ2) is 4.91. The van der Waals surface area contributed by atoms with Gasteiger partial charge in [0, 0.05) is 17.9 Å². The maximum absolute atomic E-state index is 9.89. The predicted molar refractivity (Wildman–Crippen MR) is 57.5 cm³/mol. The van der Waals surface area contributed by atoms with Gasteiger partial charge in [-0.25, -0.2) is 0 Å². The van der Waals surface area contributed by atoms with Crippen molar-refractivity contribution in [1.82, 2.24) is 0 Å². The van der Waals surface area contributed by atoms with Crippen LogP contribution in [0.3, 0.4) is 0 Å². The second-order valence-electron chi connectivity index (χ2n) is 3.76. The first-order valence-corrected chi connectivity index (χ1v) is 6.07. The fraction of sp³-hybridized carbons (Fsp3) is 0.636. The van der Waals surface area contributed by atoms with E-state index in [-0.39, 0.29) is 12.2 Å². The molecular weight excluding hydrogens is 196 g/mol. The third-order valence-corrected chi connectivity index (χ3v) is 3.61. The summed E-state index contributed by atoms with van der Waals surface area (Å²) in [5.41, 5.74) is 0. The Hall–Kier alpha value is -0.380. The van der Waals surface area contributed by atoms with Gasteiger partial charge in [0.2, 0.25) is 0 Å². The molecule has 0 aromatic carbocycles. The van der Waals surface area contributed by atoms with Crippen LogP contribution in [0.5, 0.6) is 0 Å². The number of ether oxygens (including phenoxy) is 1. The van der Waals surface area contributed by atoms with Crippen molar-refractivity contribution in [3.05, 3.63) is 22.4 Å². The van der Waals surface area contributed by atoms with E-state index in [0.717, 1.165) is 24.3 Å². The number of rotatable bonds is 3. The predicted octanol–water partition coefficient (Wildman–Crippen LogP) is 2.74. The third-order valence-electron chi connectivity index (χ3n) is 2.63. The van der Waals surface area contributed by atoms with Crippen molar-refractivity contribution < 1.29 is 9.84 Å². The molecule has 0 bridgehead atoms. The van der Waals surface area contributed by atoms with E-state index in [2.05, 4.69) is 0 Å². The van der Waals surface area contributed by atoms with Crippen LogP contribution in [0.2, 0.25) is 0 Å². The van der Waals surface area contributed by atoms with E-state index in [1.807, 2.05) is 17.5 Å². The Kier molecular flexibility index (Phi) is 3.56. The molecule has 1 saturated heterocycles. The van der Waals surface area contributed by atoms with E-state index in [4.69, 9.17) is 4.74 Å². The summed E-state index contributed by atoms with van der Waals surface area (Å²) in [6, 6.07) is 3.96. The molecule has 2 nitrogen and oxygen atoms in total. The molecule has 2 atom stereocenters. The maximum Gasteiger partial charge on any atom is 0.0906 e. The first-order chi connectivity index (χ1) is 6.86. The molecule has 2 heterocycles. The third kappa shape index (κ3) is 2.56. The van der Waals surface area contributed by atoms with Gasteiger partial charge in [-0.05, 0) is 30.7 Å². The van der Waals surface area contributed by atoms with Crippen LogP contribution < -0.4 is 0 Å². The SMILES string of the molecule is OC(CC1CCCCO1)c1cccs1. The van der Waals surface area contributed by atoms with Crippen molar-refractivity contribution >= 4 is 11.3 Å². The summed E-state index contributed by atoms with van der Waals surface area (Å²) < 4.78 is 5.59. The standard InChI is InChI=1S/C11H16O2S/c12-10(11-5-3-7-14-11)8-9-4-1-2-6-13-9/h3,5,7,9-10,12H,1-2,4,6,8H2. The Balaban J connectivity index is 1.84. The van der Waals surface area contributed by atoms with Crippen molar-refractivity contribution in [2.24, 2.45) is 0 Å². The fourth-order valence-corrected chi connectivity index (χ4v) is 2.56. The maximum atomic E-state index is 9.89. The van der Waals surface area contributed by atoms with Gasteiger partial charge in [0.15, 0.2) is 0 Å². The Morgan fingerprint density at radius 1 is 1.57 bits per heavy atom. The Labute approximate surface area is 88.5 Å². The molecule has 3 heteroatoms. The summed E-state index contributed by atoms with van der Waals surface area (Å²) in [5, 5.41) is 11.9. The lowest BCUT2D eigenvalue weighted by atomic mass is 10.0. The van der Waals surface area contributed by atoms with E-state index in [9.17, 15) is 5.11 Å². The largest absolute Gasteiger partial charge is 0.387 e. The fourth-order valence-electron chi connectivity index (χ4n) is 1.84. The Morgan fingerprint density at radius 3 is 3.14 bits per heavy atom. The van der Waals surface area contributed by atoms with Crippen LogP contribution in [0.1, 0.15) is 36.7 Å². The topological polar surface area (TPSA) is 29.5 Å². The van der Waals surface area contributed by atoms with E-state index in [1.54, 1.807) is 11.3 Å². The summed E-state index contributed by atoms with van der Waals surface area (Å²) in [4.78, 5) is 1.05. The minimum Gasteiger partial charge on any atom is -0.387 e. The normalized spacial score (nSPS) is 24.8. The summed E-state index contributed by atoms with van der Waals surface area (Å²) in [6.45, 7) is 0.863. The van der Waals surface area contributed by atoms with Gasteiger partial charge in [0.25, 0.3) is 0 Å². The number of aliphatic hydroxyl groups excluding tert-OH is 1.